The first-order valence-electron chi connectivity index (χ1n) is 17.0. The number of carbonyl (C=O) groups is 2. The van der Waals surface area contributed by atoms with E-state index in [2.05, 4.69) is 43.6 Å². The maximum atomic E-state index is 14.2. The van der Waals surface area contributed by atoms with Crippen molar-refractivity contribution in [2.24, 2.45) is 28.0 Å². The van der Waals surface area contributed by atoms with Crippen LogP contribution in [0.5, 0.6) is 5.75 Å². The molecule has 7 rings (SSSR count). The normalized spacial score (nSPS) is 32.8. The molecular weight excluding hydrogens is 636 g/mol. The van der Waals surface area contributed by atoms with Crippen molar-refractivity contribution in [3.8, 4) is 5.75 Å². The van der Waals surface area contributed by atoms with Crippen LogP contribution in [0.1, 0.15) is 79.3 Å². The van der Waals surface area contributed by atoms with Crippen LogP contribution in [0.25, 0.3) is 0 Å². The molecule has 2 heterocycles. The van der Waals surface area contributed by atoms with Crippen molar-refractivity contribution in [2.75, 3.05) is 30.9 Å². The van der Waals surface area contributed by atoms with Crippen molar-refractivity contribution in [1.82, 2.24) is 10.0 Å². The van der Waals surface area contributed by atoms with Gasteiger partial charge in [-0.1, -0.05) is 36.7 Å². The highest BCUT2D eigenvalue weighted by atomic mass is 35.5. The Kier molecular flexibility index (Phi) is 9.28. The minimum atomic E-state index is -3.43. The number of nitrogens with one attached hydrogen (secondary N) is 2. The number of anilines is 1. The Morgan fingerprint density at radius 1 is 1.11 bits per heavy atom. The molecule has 7 atom stereocenters. The predicted molar refractivity (Wildman–Crippen MR) is 184 cm³/mol. The Morgan fingerprint density at radius 2 is 1.96 bits per heavy atom. The molecule has 252 valence electrons. The van der Waals surface area contributed by atoms with Gasteiger partial charge in [-0.05, 0) is 116 Å². The number of urea groups is 1. The standard InChI is InChI=1S/C36H45ClN4O5S/c1-22-4-3-5-33(45-2)29-12-7-25(29)19-41-20-26-6-9-27(37)18-31(26)30-16-23(30)14-15-46-34-13-8-24(17-32(34)41)35(42)39-47(44,21-22)40-36(43)38-28-10-11-28/h3,5-6,8-9,13,17-18,22-23,25,28-30,33H,4,7,10-12,14-16,19-21H2,1-2H3,(H2,38,39,40,42,43,44)/b5-3+/t22-,23+,25-,29+,30-,33-,47?/m0/s1. The molecule has 3 amide bonds. The molecule has 0 spiro atoms. The molecule has 2 aromatic rings. The van der Waals surface area contributed by atoms with Crippen LogP contribution < -0.4 is 19.7 Å². The van der Waals surface area contributed by atoms with E-state index >= 15 is 0 Å². The van der Waals surface area contributed by atoms with Crippen molar-refractivity contribution in [1.29, 1.82) is 0 Å². The monoisotopic (exact) mass is 680 g/mol. The van der Waals surface area contributed by atoms with Crippen molar-refractivity contribution >= 4 is 39.1 Å². The number of fused-ring (bicyclic) bond motifs is 5. The van der Waals surface area contributed by atoms with Crippen LogP contribution in [0.15, 0.2) is 52.9 Å². The lowest BCUT2D eigenvalue weighted by Gasteiger charge is -2.43. The molecule has 5 aliphatic rings. The van der Waals surface area contributed by atoms with Gasteiger partial charge in [0.15, 0.2) is 0 Å². The molecule has 0 aromatic heterocycles. The summed E-state index contributed by atoms with van der Waals surface area (Å²) in [6.45, 7) is 3.93. The van der Waals surface area contributed by atoms with Crippen LogP contribution in [0.3, 0.4) is 0 Å². The van der Waals surface area contributed by atoms with Crippen molar-refractivity contribution in [3.63, 3.8) is 0 Å². The number of allylic oxidation sites excluding steroid dienone is 1. The smallest absolute Gasteiger partial charge is 0.327 e. The van der Waals surface area contributed by atoms with E-state index in [1.807, 2.05) is 25.1 Å². The number of rotatable bonds is 3. The number of methoxy groups -OCH3 is 1. The number of nitrogens with zero attached hydrogens (tertiary/aromatic N) is 2. The Balaban J connectivity index is 1.31. The molecule has 3 aliphatic carbocycles. The Morgan fingerprint density at radius 3 is 2.72 bits per heavy atom. The summed E-state index contributed by atoms with van der Waals surface area (Å²) < 4.78 is 33.5. The Hall–Kier alpha value is -3.08. The van der Waals surface area contributed by atoms with E-state index in [1.165, 1.54) is 11.1 Å². The zero-order valence-corrected chi connectivity index (χ0v) is 28.7. The molecule has 0 saturated heterocycles. The molecule has 9 nitrogen and oxygen atoms in total. The number of halogens is 1. The number of amides is 3. The van der Waals surface area contributed by atoms with Crippen LogP contribution in [-0.4, -0.2) is 54.3 Å². The van der Waals surface area contributed by atoms with Crippen molar-refractivity contribution in [3.05, 3.63) is 70.3 Å². The third-order valence-corrected chi connectivity index (χ3v) is 12.7. The summed E-state index contributed by atoms with van der Waals surface area (Å²) >= 11 is 6.53. The van der Waals surface area contributed by atoms with Crippen LogP contribution >= 0.6 is 11.6 Å². The number of hydrogen-bond donors (Lipinski definition) is 2. The molecule has 11 heteroatoms. The average molecular weight is 681 g/mol. The highest BCUT2D eigenvalue weighted by Crippen LogP contribution is 2.52. The molecule has 3 fully saturated rings. The number of ether oxygens (including phenoxy) is 2. The summed E-state index contributed by atoms with van der Waals surface area (Å²) in [5.41, 5.74) is 3.65. The zero-order chi connectivity index (χ0) is 32.7. The molecular formula is C36H45ClN4O5S. The fraction of sp³-hybridized carbons (Fsp3) is 0.556. The van der Waals surface area contributed by atoms with Gasteiger partial charge in [-0.15, -0.1) is 4.36 Å². The van der Waals surface area contributed by atoms with Gasteiger partial charge in [-0.2, -0.15) is 0 Å². The first-order valence-corrected chi connectivity index (χ1v) is 19.1. The second kappa shape index (κ2) is 13.4. The summed E-state index contributed by atoms with van der Waals surface area (Å²) in [7, 11) is -1.66. The van der Waals surface area contributed by atoms with Gasteiger partial charge in [0.25, 0.3) is 5.91 Å². The fourth-order valence-corrected chi connectivity index (χ4v) is 9.52. The quantitative estimate of drug-likeness (QED) is 0.343. The fourth-order valence-electron chi connectivity index (χ4n) is 7.50. The van der Waals surface area contributed by atoms with Crippen molar-refractivity contribution < 1.29 is 23.3 Å². The second-order valence-corrected chi connectivity index (χ2v) is 16.6. The van der Waals surface area contributed by atoms with Gasteiger partial charge in [0.1, 0.15) is 15.7 Å². The molecule has 47 heavy (non-hydrogen) atoms. The number of benzene rings is 2. The van der Waals surface area contributed by atoms with Gasteiger partial charge in [0.05, 0.1) is 24.2 Å². The molecule has 2 aliphatic heterocycles. The van der Waals surface area contributed by atoms with Crippen LogP contribution in [0.2, 0.25) is 5.02 Å². The number of hydrogen-bond acceptors (Lipinski definition) is 6. The summed E-state index contributed by atoms with van der Waals surface area (Å²) in [6.07, 6.45) is 10.8. The van der Waals surface area contributed by atoms with Crippen LogP contribution in [-0.2, 0) is 21.2 Å². The molecule has 3 saturated carbocycles. The van der Waals surface area contributed by atoms with Crippen LogP contribution in [0, 0.1) is 23.7 Å². The largest absolute Gasteiger partial charge is 0.491 e. The molecule has 2 bridgehead atoms. The van der Waals surface area contributed by atoms with Gasteiger partial charge < -0.3 is 19.7 Å². The van der Waals surface area contributed by atoms with E-state index in [1.54, 1.807) is 13.2 Å². The summed E-state index contributed by atoms with van der Waals surface area (Å²) in [6, 6.07) is 11.1. The van der Waals surface area contributed by atoms with Gasteiger partial charge in [-0.25, -0.2) is 9.00 Å². The van der Waals surface area contributed by atoms with Gasteiger partial charge in [-0.3, -0.25) is 9.52 Å². The van der Waals surface area contributed by atoms with E-state index in [9.17, 15) is 13.8 Å². The molecule has 0 radical (unpaired) electrons. The Labute approximate surface area is 283 Å². The number of carbonyl (C=O) groups excluding carboxylic acids is 2. The lowest BCUT2D eigenvalue weighted by Crippen LogP contribution is -2.43. The SMILES string of the molecule is CO[C@H]1/C=C/C[C@H](C)CS(=O)(NC(=O)NC2CC2)=NC(=O)c2ccc3c(c2)N(Cc2ccc(Cl)cc2[C@H]2C[C@H]2CCO3)C[C@@H]2CC[C@H]21. The molecule has 1 unspecified atom stereocenters. The third-order valence-electron chi connectivity index (χ3n) is 10.5. The van der Waals surface area contributed by atoms with E-state index in [-0.39, 0.29) is 23.8 Å². The van der Waals surface area contributed by atoms with E-state index in [4.69, 9.17) is 21.1 Å². The second-order valence-electron chi connectivity index (χ2n) is 14.2. The van der Waals surface area contributed by atoms with Gasteiger partial charge >= 0.3 is 6.03 Å². The topological polar surface area (TPSA) is 109 Å². The van der Waals surface area contributed by atoms with Crippen LogP contribution in [0.4, 0.5) is 10.5 Å². The maximum absolute atomic E-state index is 14.2. The average Bonchev–Trinajstić information content (AvgIpc) is 3.95. The minimum Gasteiger partial charge on any atom is -0.491 e. The Bertz CT molecular complexity index is 1690. The molecule has 2 aromatic carbocycles. The third kappa shape index (κ3) is 7.50. The molecule has 2 N–H and O–H groups in total. The highest BCUT2D eigenvalue weighted by molar-refractivity contribution is 7.92. The lowest BCUT2D eigenvalue weighted by molar-refractivity contribution is 0.0133. The first kappa shape index (κ1) is 32.5. The minimum absolute atomic E-state index is 0.0452. The van der Waals surface area contributed by atoms with Gasteiger partial charge in [0, 0.05) is 36.8 Å². The maximum Gasteiger partial charge on any atom is 0.327 e. The summed E-state index contributed by atoms with van der Waals surface area (Å²) in [5.74, 6) is 1.79. The zero-order valence-electron chi connectivity index (χ0n) is 27.2. The van der Waals surface area contributed by atoms with Crippen molar-refractivity contribution in [2.45, 2.75) is 76.5 Å². The predicted octanol–water partition coefficient (Wildman–Crippen LogP) is 6.85. The summed E-state index contributed by atoms with van der Waals surface area (Å²) in [4.78, 5) is 28.9. The highest BCUT2D eigenvalue weighted by Gasteiger charge is 2.41. The van der Waals surface area contributed by atoms with E-state index < -0.39 is 21.9 Å². The van der Waals surface area contributed by atoms with E-state index in [0.29, 0.717) is 54.6 Å². The summed E-state index contributed by atoms with van der Waals surface area (Å²) in [5, 5.41) is 3.57. The first-order chi connectivity index (χ1) is 22.7. The van der Waals surface area contributed by atoms with E-state index in [0.717, 1.165) is 55.8 Å². The van der Waals surface area contributed by atoms with Gasteiger partial charge in [0.2, 0.25) is 0 Å². The lowest BCUT2D eigenvalue weighted by atomic mass is 9.70.